The molecule has 62 valence electrons. The Bertz CT molecular complexity index is 224. The van der Waals surface area contributed by atoms with Crippen molar-refractivity contribution in [3.63, 3.8) is 0 Å². The Morgan fingerprint density at radius 2 is 2.55 bits per heavy atom. The van der Waals surface area contributed by atoms with Crippen molar-refractivity contribution in [2.75, 3.05) is 6.61 Å². The molecule has 1 heterocycles. The number of nitrogens with two attached hydrogens (primary N) is 1. The predicted molar refractivity (Wildman–Crippen MR) is 45.6 cm³/mol. The van der Waals surface area contributed by atoms with E-state index in [0.717, 1.165) is 10.7 Å². The third kappa shape index (κ3) is 2.57. The summed E-state index contributed by atoms with van der Waals surface area (Å²) in [6, 6.07) is -0.170. The van der Waals surface area contributed by atoms with Crippen LogP contribution in [0.4, 0.5) is 0 Å². The number of hydrogen-bond donors (Lipinski definition) is 2. The quantitative estimate of drug-likeness (QED) is 0.690. The summed E-state index contributed by atoms with van der Waals surface area (Å²) in [5, 5.41) is 11.7. The maximum atomic E-state index is 8.65. The van der Waals surface area contributed by atoms with Gasteiger partial charge in [-0.25, -0.2) is 4.98 Å². The molecule has 0 aliphatic rings. The van der Waals surface area contributed by atoms with E-state index in [4.69, 9.17) is 10.8 Å². The van der Waals surface area contributed by atoms with Gasteiger partial charge < -0.3 is 10.8 Å². The molecule has 1 atom stereocenters. The summed E-state index contributed by atoms with van der Waals surface area (Å²) in [7, 11) is 0. The Kier molecular flexibility index (Phi) is 2.99. The minimum atomic E-state index is -0.170. The maximum absolute atomic E-state index is 8.65. The topological polar surface area (TPSA) is 59.1 Å². The van der Waals surface area contributed by atoms with Crippen molar-refractivity contribution < 1.29 is 5.11 Å². The van der Waals surface area contributed by atoms with Gasteiger partial charge in [0.15, 0.2) is 0 Å². The summed E-state index contributed by atoms with van der Waals surface area (Å²) >= 11 is 1.61. The van der Waals surface area contributed by atoms with Crippen LogP contribution < -0.4 is 5.73 Å². The molecule has 0 amide bonds. The summed E-state index contributed by atoms with van der Waals surface area (Å²) in [6.07, 6.45) is 0.667. The van der Waals surface area contributed by atoms with Crippen LogP contribution in [0.5, 0.6) is 0 Å². The van der Waals surface area contributed by atoms with Crippen molar-refractivity contribution in [3.05, 3.63) is 16.1 Å². The molecule has 3 nitrogen and oxygen atoms in total. The van der Waals surface area contributed by atoms with Crippen LogP contribution in [0.3, 0.4) is 0 Å². The van der Waals surface area contributed by atoms with E-state index >= 15 is 0 Å². The molecule has 1 unspecified atom stereocenters. The van der Waals surface area contributed by atoms with Gasteiger partial charge in [0.05, 0.1) is 17.3 Å². The van der Waals surface area contributed by atoms with Gasteiger partial charge in [0.1, 0.15) is 0 Å². The Hall–Kier alpha value is -0.450. The van der Waals surface area contributed by atoms with E-state index in [1.54, 1.807) is 11.3 Å². The van der Waals surface area contributed by atoms with Crippen molar-refractivity contribution in [2.45, 2.75) is 19.4 Å². The van der Waals surface area contributed by atoms with E-state index < -0.39 is 0 Å². The fourth-order valence-corrected chi connectivity index (χ4v) is 1.46. The summed E-state index contributed by atoms with van der Waals surface area (Å²) in [6.45, 7) is 1.98. The molecule has 0 aliphatic heterocycles. The highest BCUT2D eigenvalue weighted by Crippen LogP contribution is 2.08. The van der Waals surface area contributed by atoms with Crippen molar-refractivity contribution >= 4 is 11.3 Å². The minimum absolute atomic E-state index is 0.0244. The fourth-order valence-electron chi connectivity index (χ4n) is 0.835. The highest BCUT2D eigenvalue weighted by Gasteiger charge is 2.04. The van der Waals surface area contributed by atoms with E-state index in [1.165, 1.54) is 0 Å². The molecule has 1 aromatic rings. The predicted octanol–water partition coefficient (Wildman–Crippen LogP) is 0.314. The number of thiazole rings is 1. The van der Waals surface area contributed by atoms with E-state index in [0.29, 0.717) is 6.42 Å². The molecule has 0 saturated carbocycles. The van der Waals surface area contributed by atoms with Gasteiger partial charge in [-0.05, 0) is 6.92 Å². The molecule has 4 heteroatoms. The van der Waals surface area contributed by atoms with E-state index in [-0.39, 0.29) is 12.6 Å². The van der Waals surface area contributed by atoms with Crippen LogP contribution in [0.25, 0.3) is 0 Å². The Labute approximate surface area is 69.9 Å². The third-order valence-corrected chi connectivity index (χ3v) is 2.19. The van der Waals surface area contributed by atoms with Gasteiger partial charge in [-0.3, -0.25) is 0 Å². The second-order valence-electron chi connectivity index (χ2n) is 2.50. The molecular formula is C7H12N2OS. The van der Waals surface area contributed by atoms with E-state index in [1.807, 2.05) is 12.3 Å². The molecule has 0 aliphatic carbocycles. The fraction of sp³-hybridized carbons (Fsp3) is 0.571. The molecule has 0 bridgehead atoms. The SMILES string of the molecule is Cc1nc(CC(N)CO)cs1. The summed E-state index contributed by atoms with van der Waals surface area (Å²) in [4.78, 5) is 4.23. The standard InChI is InChI=1S/C7H12N2OS/c1-5-9-7(4-11-5)2-6(8)3-10/h4,6,10H,2-3,8H2,1H3. The zero-order valence-electron chi connectivity index (χ0n) is 6.45. The average Bonchev–Trinajstić information content (AvgIpc) is 2.35. The Balaban J connectivity index is 2.50. The minimum Gasteiger partial charge on any atom is -0.395 e. The van der Waals surface area contributed by atoms with Gasteiger partial charge in [-0.2, -0.15) is 0 Å². The highest BCUT2D eigenvalue weighted by molar-refractivity contribution is 7.09. The van der Waals surface area contributed by atoms with Gasteiger partial charge in [0.2, 0.25) is 0 Å². The molecule has 1 rings (SSSR count). The number of aliphatic hydroxyl groups excluding tert-OH is 1. The van der Waals surface area contributed by atoms with Gasteiger partial charge >= 0.3 is 0 Å². The van der Waals surface area contributed by atoms with Crippen molar-refractivity contribution in [1.82, 2.24) is 4.98 Å². The van der Waals surface area contributed by atoms with Crippen LogP contribution in [0.2, 0.25) is 0 Å². The van der Waals surface area contributed by atoms with Crippen molar-refractivity contribution in [2.24, 2.45) is 5.73 Å². The Morgan fingerprint density at radius 1 is 1.82 bits per heavy atom. The Morgan fingerprint density at radius 3 is 3.00 bits per heavy atom. The zero-order valence-corrected chi connectivity index (χ0v) is 7.27. The first-order chi connectivity index (χ1) is 5.22. The third-order valence-electron chi connectivity index (χ3n) is 1.37. The monoisotopic (exact) mass is 172 g/mol. The molecule has 0 aromatic carbocycles. The second kappa shape index (κ2) is 3.80. The first-order valence-electron chi connectivity index (χ1n) is 3.50. The van der Waals surface area contributed by atoms with Gasteiger partial charge in [0, 0.05) is 17.8 Å². The molecule has 11 heavy (non-hydrogen) atoms. The number of hydrogen-bond acceptors (Lipinski definition) is 4. The van der Waals surface area contributed by atoms with Crippen LogP contribution in [0.15, 0.2) is 5.38 Å². The van der Waals surface area contributed by atoms with Crippen molar-refractivity contribution in [1.29, 1.82) is 0 Å². The number of rotatable bonds is 3. The molecule has 0 spiro atoms. The van der Waals surface area contributed by atoms with Crippen LogP contribution in [0.1, 0.15) is 10.7 Å². The smallest absolute Gasteiger partial charge is 0.0897 e. The normalized spacial score (nSPS) is 13.4. The van der Waals surface area contributed by atoms with Crippen molar-refractivity contribution in [3.8, 4) is 0 Å². The summed E-state index contributed by atoms with van der Waals surface area (Å²) in [5.41, 5.74) is 6.51. The summed E-state index contributed by atoms with van der Waals surface area (Å²) < 4.78 is 0. The summed E-state index contributed by atoms with van der Waals surface area (Å²) in [5.74, 6) is 0. The van der Waals surface area contributed by atoms with E-state index in [2.05, 4.69) is 4.98 Å². The van der Waals surface area contributed by atoms with E-state index in [9.17, 15) is 0 Å². The average molecular weight is 172 g/mol. The van der Waals surface area contributed by atoms with Crippen LogP contribution in [-0.4, -0.2) is 22.7 Å². The maximum Gasteiger partial charge on any atom is 0.0897 e. The molecule has 0 fully saturated rings. The number of aromatic nitrogens is 1. The lowest BCUT2D eigenvalue weighted by atomic mass is 10.2. The highest BCUT2D eigenvalue weighted by atomic mass is 32.1. The van der Waals surface area contributed by atoms with Crippen LogP contribution >= 0.6 is 11.3 Å². The molecule has 0 saturated heterocycles. The van der Waals surface area contributed by atoms with Crippen LogP contribution in [-0.2, 0) is 6.42 Å². The lowest BCUT2D eigenvalue weighted by Crippen LogP contribution is -2.26. The van der Waals surface area contributed by atoms with Gasteiger partial charge in [-0.1, -0.05) is 0 Å². The van der Waals surface area contributed by atoms with Gasteiger partial charge in [0.25, 0.3) is 0 Å². The first-order valence-corrected chi connectivity index (χ1v) is 4.37. The first kappa shape index (κ1) is 8.64. The number of aliphatic hydroxyl groups is 1. The number of aryl methyl sites for hydroxylation is 1. The molecular weight excluding hydrogens is 160 g/mol. The van der Waals surface area contributed by atoms with Crippen LogP contribution in [0, 0.1) is 6.92 Å². The second-order valence-corrected chi connectivity index (χ2v) is 3.57. The lowest BCUT2D eigenvalue weighted by Gasteiger charge is -2.03. The van der Waals surface area contributed by atoms with Gasteiger partial charge in [-0.15, -0.1) is 11.3 Å². The molecule has 1 aromatic heterocycles. The lowest BCUT2D eigenvalue weighted by molar-refractivity contribution is 0.264. The largest absolute Gasteiger partial charge is 0.395 e. The molecule has 3 N–H and O–H groups in total. The zero-order chi connectivity index (χ0) is 8.27. The molecule has 0 radical (unpaired) electrons. The number of nitrogens with zero attached hydrogens (tertiary/aromatic N) is 1.